The van der Waals surface area contributed by atoms with Crippen molar-refractivity contribution < 1.29 is 9.22 Å². The van der Waals surface area contributed by atoms with E-state index in [4.69, 9.17) is 4.43 Å². The summed E-state index contributed by atoms with van der Waals surface area (Å²) in [5, 5.41) is 2.55. The lowest BCUT2D eigenvalue weighted by molar-refractivity contribution is 0.112. The summed E-state index contributed by atoms with van der Waals surface area (Å²) in [6.07, 6.45) is 1.72. The van der Waals surface area contributed by atoms with Crippen LogP contribution < -0.4 is 10.4 Å². The van der Waals surface area contributed by atoms with Gasteiger partial charge in [-0.3, -0.25) is 4.79 Å². The molecule has 4 aromatic rings. The first-order chi connectivity index (χ1) is 16.4. The number of hydrogen-bond acceptors (Lipinski definition) is 2. The maximum Gasteiger partial charge on any atom is 0.261 e. The lowest BCUT2D eigenvalue weighted by Gasteiger charge is -2.43. The van der Waals surface area contributed by atoms with Crippen LogP contribution in [0, 0.1) is 0 Å². The molecule has 0 radical (unpaired) electrons. The zero-order chi connectivity index (χ0) is 24.0. The van der Waals surface area contributed by atoms with E-state index in [9.17, 15) is 4.79 Å². The molecule has 0 saturated carbocycles. The standard InChI is InChI=1S/C31H32O2Si/c1-31(2,3)34(29-10-6-4-7-11-29,30-12-8-5-9-13-30)33-24-28-20-16-26(17-21-28)22-25-14-18-27(23-32)19-15-25/h4-21,23H,22,24H2,1-3H3. The second-order valence-electron chi connectivity index (χ2n) is 9.80. The van der Waals surface area contributed by atoms with E-state index in [1.807, 2.05) is 24.3 Å². The smallest absolute Gasteiger partial charge is 0.261 e. The third kappa shape index (κ3) is 5.11. The van der Waals surface area contributed by atoms with Crippen LogP contribution in [-0.4, -0.2) is 14.6 Å². The molecule has 0 saturated heterocycles. The van der Waals surface area contributed by atoms with E-state index in [2.05, 4.69) is 106 Å². The van der Waals surface area contributed by atoms with Crippen LogP contribution in [0.5, 0.6) is 0 Å². The largest absolute Gasteiger partial charge is 0.403 e. The Morgan fingerprint density at radius 3 is 1.53 bits per heavy atom. The maximum atomic E-state index is 10.9. The van der Waals surface area contributed by atoms with Gasteiger partial charge in [-0.1, -0.05) is 130 Å². The molecule has 0 heterocycles. The molecule has 0 fully saturated rings. The fourth-order valence-corrected chi connectivity index (χ4v) is 9.19. The molecule has 2 nitrogen and oxygen atoms in total. The third-order valence-electron chi connectivity index (χ3n) is 6.42. The molecule has 0 aliphatic rings. The van der Waals surface area contributed by atoms with Gasteiger partial charge in [0.1, 0.15) is 6.29 Å². The molecule has 0 atom stereocenters. The molecule has 0 amide bonds. The van der Waals surface area contributed by atoms with Crippen LogP contribution in [0.25, 0.3) is 0 Å². The Bertz CT molecular complexity index is 1150. The van der Waals surface area contributed by atoms with Crippen molar-refractivity contribution in [3.8, 4) is 0 Å². The lowest BCUT2D eigenvalue weighted by Crippen LogP contribution is -2.66. The number of rotatable bonds is 8. The van der Waals surface area contributed by atoms with Gasteiger partial charge >= 0.3 is 0 Å². The number of benzene rings is 4. The van der Waals surface area contributed by atoms with Crippen LogP contribution in [0.2, 0.25) is 5.04 Å². The van der Waals surface area contributed by atoms with E-state index in [1.165, 1.54) is 27.1 Å². The fraction of sp³-hybridized carbons (Fsp3) is 0.194. The highest BCUT2D eigenvalue weighted by atomic mass is 28.4. The van der Waals surface area contributed by atoms with E-state index in [1.54, 1.807) is 0 Å². The van der Waals surface area contributed by atoms with E-state index in [0.29, 0.717) is 12.2 Å². The molecular formula is C31H32O2Si. The molecule has 34 heavy (non-hydrogen) atoms. The monoisotopic (exact) mass is 464 g/mol. The predicted molar refractivity (Wildman–Crippen MR) is 143 cm³/mol. The van der Waals surface area contributed by atoms with Gasteiger partial charge < -0.3 is 4.43 Å². The summed E-state index contributed by atoms with van der Waals surface area (Å²) in [4.78, 5) is 10.9. The van der Waals surface area contributed by atoms with Gasteiger partial charge in [0.25, 0.3) is 8.32 Å². The predicted octanol–water partition coefficient (Wildman–Crippen LogP) is 6.17. The van der Waals surface area contributed by atoms with Gasteiger partial charge in [0, 0.05) is 5.56 Å². The minimum Gasteiger partial charge on any atom is -0.403 e. The van der Waals surface area contributed by atoms with Crippen molar-refractivity contribution >= 4 is 25.0 Å². The average molecular weight is 465 g/mol. The molecule has 4 rings (SSSR count). The van der Waals surface area contributed by atoms with Gasteiger partial charge in [-0.2, -0.15) is 0 Å². The minimum atomic E-state index is -2.54. The number of aldehydes is 1. The van der Waals surface area contributed by atoms with Gasteiger partial charge in [-0.25, -0.2) is 0 Å². The van der Waals surface area contributed by atoms with Gasteiger partial charge in [0.2, 0.25) is 0 Å². The molecule has 0 spiro atoms. The summed E-state index contributed by atoms with van der Waals surface area (Å²) < 4.78 is 7.04. The van der Waals surface area contributed by atoms with E-state index in [0.717, 1.165) is 12.7 Å². The first kappa shape index (κ1) is 23.9. The van der Waals surface area contributed by atoms with Crippen molar-refractivity contribution in [1.82, 2.24) is 0 Å². The number of carbonyl (C=O) groups is 1. The summed E-state index contributed by atoms with van der Waals surface area (Å²) >= 11 is 0. The summed E-state index contributed by atoms with van der Waals surface area (Å²) in [6.45, 7) is 7.48. The molecule has 0 aromatic heterocycles. The van der Waals surface area contributed by atoms with Crippen LogP contribution in [-0.2, 0) is 17.5 Å². The third-order valence-corrected chi connectivity index (χ3v) is 11.4. The molecule has 0 aliphatic heterocycles. The Labute approximate surface area is 204 Å². The van der Waals surface area contributed by atoms with Gasteiger partial charge in [-0.05, 0) is 38.5 Å². The summed E-state index contributed by atoms with van der Waals surface area (Å²) in [6, 6.07) is 38.0. The Hall–Kier alpha value is -3.27. The first-order valence-electron chi connectivity index (χ1n) is 11.8. The number of carbonyl (C=O) groups excluding carboxylic acids is 1. The van der Waals surface area contributed by atoms with Gasteiger partial charge in [0.15, 0.2) is 0 Å². The molecule has 172 valence electrons. The van der Waals surface area contributed by atoms with Crippen molar-refractivity contribution in [3.63, 3.8) is 0 Å². The zero-order valence-electron chi connectivity index (χ0n) is 20.2. The molecule has 0 unspecified atom stereocenters. The number of hydrogen-bond donors (Lipinski definition) is 0. The minimum absolute atomic E-state index is 0.0384. The quantitative estimate of drug-likeness (QED) is 0.230. The summed E-state index contributed by atoms with van der Waals surface area (Å²) in [5.74, 6) is 0. The normalized spacial score (nSPS) is 11.9. The fourth-order valence-electron chi connectivity index (χ4n) is 4.66. The highest BCUT2D eigenvalue weighted by Gasteiger charge is 2.50. The van der Waals surface area contributed by atoms with Crippen LogP contribution >= 0.6 is 0 Å². The Balaban J connectivity index is 1.58. The lowest BCUT2D eigenvalue weighted by atomic mass is 10.0. The van der Waals surface area contributed by atoms with Gasteiger partial charge in [0.05, 0.1) is 6.61 Å². The highest BCUT2D eigenvalue weighted by Crippen LogP contribution is 2.37. The van der Waals surface area contributed by atoms with Crippen LogP contribution in [0.15, 0.2) is 109 Å². The molecule has 0 bridgehead atoms. The SMILES string of the molecule is CC(C)(C)[Si](OCc1ccc(Cc2ccc(C=O)cc2)cc1)(c1ccccc1)c1ccccc1. The van der Waals surface area contributed by atoms with Crippen molar-refractivity contribution in [1.29, 1.82) is 0 Å². The Morgan fingerprint density at radius 1 is 0.647 bits per heavy atom. The molecule has 0 aliphatic carbocycles. The van der Waals surface area contributed by atoms with E-state index in [-0.39, 0.29) is 5.04 Å². The van der Waals surface area contributed by atoms with Crippen molar-refractivity contribution in [3.05, 3.63) is 131 Å². The first-order valence-corrected chi connectivity index (χ1v) is 13.7. The van der Waals surface area contributed by atoms with Crippen molar-refractivity contribution in [2.75, 3.05) is 0 Å². The Morgan fingerprint density at radius 2 is 1.09 bits per heavy atom. The molecule has 3 heteroatoms. The molecular weight excluding hydrogens is 432 g/mol. The van der Waals surface area contributed by atoms with Crippen LogP contribution in [0.1, 0.15) is 47.8 Å². The Kier molecular flexibility index (Phi) is 7.25. The summed E-state index contributed by atoms with van der Waals surface area (Å²) in [7, 11) is -2.54. The second kappa shape index (κ2) is 10.3. The molecule has 0 N–H and O–H groups in total. The second-order valence-corrected chi connectivity index (χ2v) is 14.1. The van der Waals surface area contributed by atoms with Crippen molar-refractivity contribution in [2.24, 2.45) is 0 Å². The average Bonchev–Trinajstić information content (AvgIpc) is 2.86. The molecule has 4 aromatic carbocycles. The highest BCUT2D eigenvalue weighted by molar-refractivity contribution is 6.99. The van der Waals surface area contributed by atoms with Gasteiger partial charge in [-0.15, -0.1) is 0 Å². The van der Waals surface area contributed by atoms with Crippen molar-refractivity contribution in [2.45, 2.75) is 38.8 Å². The van der Waals surface area contributed by atoms with E-state index < -0.39 is 8.32 Å². The van der Waals surface area contributed by atoms with Crippen LogP contribution in [0.4, 0.5) is 0 Å². The zero-order valence-corrected chi connectivity index (χ0v) is 21.2. The van der Waals surface area contributed by atoms with E-state index >= 15 is 0 Å². The topological polar surface area (TPSA) is 26.3 Å². The maximum absolute atomic E-state index is 10.9. The summed E-state index contributed by atoms with van der Waals surface area (Å²) in [5.41, 5.74) is 4.32. The van der Waals surface area contributed by atoms with Crippen LogP contribution in [0.3, 0.4) is 0 Å².